The van der Waals surface area contributed by atoms with Gasteiger partial charge < -0.3 is 5.73 Å². The van der Waals surface area contributed by atoms with E-state index in [-0.39, 0.29) is 28.3 Å². The van der Waals surface area contributed by atoms with Crippen molar-refractivity contribution >= 4 is 20.0 Å². The molecular weight excluding hydrogens is 350 g/mol. The molecule has 0 heterocycles. The van der Waals surface area contributed by atoms with Crippen molar-refractivity contribution in [2.45, 2.75) is 42.5 Å². The molecule has 136 valence electrons. The molecule has 1 saturated carbocycles. The SMILES string of the molecule is CCN(CC)S(=O)(=O)c1cccc(S(=O)(=O)NC(CN)C2CC2)c1. The fraction of sp³-hybridized carbons (Fsp3) is 0.600. The van der Waals surface area contributed by atoms with E-state index in [1.54, 1.807) is 13.8 Å². The first-order chi connectivity index (χ1) is 11.3. The monoisotopic (exact) mass is 375 g/mol. The van der Waals surface area contributed by atoms with Crippen molar-refractivity contribution in [1.82, 2.24) is 9.03 Å². The minimum atomic E-state index is -3.81. The maximum absolute atomic E-state index is 12.6. The molecule has 1 aliphatic carbocycles. The van der Waals surface area contributed by atoms with Crippen LogP contribution in [0.2, 0.25) is 0 Å². The summed E-state index contributed by atoms with van der Waals surface area (Å²) in [6, 6.07) is 5.15. The zero-order valence-electron chi connectivity index (χ0n) is 14.0. The maximum Gasteiger partial charge on any atom is 0.243 e. The first-order valence-electron chi connectivity index (χ1n) is 8.08. The number of rotatable bonds is 9. The van der Waals surface area contributed by atoms with Crippen LogP contribution in [0.3, 0.4) is 0 Å². The smallest absolute Gasteiger partial charge is 0.243 e. The van der Waals surface area contributed by atoms with Gasteiger partial charge in [0.25, 0.3) is 0 Å². The van der Waals surface area contributed by atoms with E-state index in [4.69, 9.17) is 5.73 Å². The molecule has 1 aromatic carbocycles. The Labute approximate surface area is 144 Å². The standard InChI is InChI=1S/C15H25N3O4S2/c1-3-18(4-2)24(21,22)14-7-5-6-13(10-14)23(19,20)17-15(11-16)12-8-9-12/h5-7,10,12,15,17H,3-4,8-9,11,16H2,1-2H3. The maximum atomic E-state index is 12.6. The quantitative estimate of drug-likeness (QED) is 0.661. The number of hydrogen-bond donors (Lipinski definition) is 2. The Bertz CT molecular complexity index is 770. The van der Waals surface area contributed by atoms with Gasteiger partial charge in [-0.3, -0.25) is 0 Å². The van der Waals surface area contributed by atoms with Crippen molar-refractivity contribution in [1.29, 1.82) is 0 Å². The van der Waals surface area contributed by atoms with Crippen LogP contribution in [0.15, 0.2) is 34.1 Å². The molecule has 3 N–H and O–H groups in total. The summed E-state index contributed by atoms with van der Waals surface area (Å²) >= 11 is 0. The number of benzene rings is 1. The second-order valence-electron chi connectivity index (χ2n) is 5.87. The zero-order chi connectivity index (χ0) is 18.0. The van der Waals surface area contributed by atoms with Gasteiger partial charge in [-0.1, -0.05) is 19.9 Å². The average molecular weight is 376 g/mol. The second kappa shape index (κ2) is 7.49. The molecule has 1 aliphatic rings. The number of hydrogen-bond acceptors (Lipinski definition) is 5. The molecule has 9 heteroatoms. The van der Waals surface area contributed by atoms with E-state index in [9.17, 15) is 16.8 Å². The van der Waals surface area contributed by atoms with Crippen molar-refractivity contribution in [3.8, 4) is 0 Å². The molecule has 0 aliphatic heterocycles. The van der Waals surface area contributed by atoms with Crippen LogP contribution in [-0.2, 0) is 20.0 Å². The average Bonchev–Trinajstić information content (AvgIpc) is 3.38. The molecule has 0 aromatic heterocycles. The van der Waals surface area contributed by atoms with Crippen LogP contribution in [0.25, 0.3) is 0 Å². The number of sulfonamides is 2. The lowest BCUT2D eigenvalue weighted by atomic mass is 10.2. The van der Waals surface area contributed by atoms with Gasteiger partial charge in [-0.2, -0.15) is 4.31 Å². The van der Waals surface area contributed by atoms with Gasteiger partial charge in [-0.05, 0) is 37.0 Å². The van der Waals surface area contributed by atoms with Gasteiger partial charge in [0, 0.05) is 25.7 Å². The summed E-state index contributed by atoms with van der Waals surface area (Å²) in [4.78, 5) is -0.0837. The lowest BCUT2D eigenvalue weighted by molar-refractivity contribution is 0.445. The number of nitrogens with zero attached hydrogens (tertiary/aromatic N) is 1. The first kappa shape index (κ1) is 19.3. The number of nitrogens with one attached hydrogen (secondary N) is 1. The molecule has 0 bridgehead atoms. The van der Waals surface area contributed by atoms with Crippen molar-refractivity contribution in [2.24, 2.45) is 11.7 Å². The Morgan fingerprint density at radius 2 is 1.75 bits per heavy atom. The van der Waals surface area contributed by atoms with E-state index in [0.29, 0.717) is 13.1 Å². The Balaban J connectivity index is 2.32. The van der Waals surface area contributed by atoms with Crippen LogP contribution in [0.5, 0.6) is 0 Å². The lowest BCUT2D eigenvalue weighted by Gasteiger charge is -2.19. The normalized spacial score (nSPS) is 17.2. The van der Waals surface area contributed by atoms with Gasteiger partial charge in [0.15, 0.2) is 0 Å². The summed E-state index contributed by atoms with van der Waals surface area (Å²) in [5.41, 5.74) is 5.64. The number of nitrogens with two attached hydrogens (primary N) is 1. The third kappa shape index (κ3) is 4.15. The summed E-state index contributed by atoms with van der Waals surface area (Å²) in [6.45, 7) is 4.35. The van der Waals surface area contributed by atoms with Crippen LogP contribution < -0.4 is 10.5 Å². The summed E-state index contributed by atoms with van der Waals surface area (Å²) in [6.07, 6.45) is 1.92. The third-order valence-electron chi connectivity index (χ3n) is 4.21. The van der Waals surface area contributed by atoms with Crippen molar-refractivity contribution in [3.63, 3.8) is 0 Å². The predicted molar refractivity (Wildman–Crippen MR) is 92.4 cm³/mol. The minimum absolute atomic E-state index is 0.0233. The molecule has 0 spiro atoms. The molecule has 0 amide bonds. The van der Waals surface area contributed by atoms with E-state index in [2.05, 4.69) is 4.72 Å². The van der Waals surface area contributed by atoms with Crippen LogP contribution in [0.4, 0.5) is 0 Å². The van der Waals surface area contributed by atoms with Gasteiger partial charge in [-0.15, -0.1) is 0 Å². The van der Waals surface area contributed by atoms with Crippen LogP contribution in [0, 0.1) is 5.92 Å². The van der Waals surface area contributed by atoms with Crippen LogP contribution in [-0.4, -0.2) is 46.8 Å². The third-order valence-corrected chi connectivity index (χ3v) is 7.74. The van der Waals surface area contributed by atoms with E-state index in [1.807, 2.05) is 0 Å². The Kier molecular flexibility index (Phi) is 6.03. The summed E-state index contributed by atoms with van der Waals surface area (Å²) in [5, 5.41) is 0. The summed E-state index contributed by atoms with van der Waals surface area (Å²) in [5.74, 6) is 0.271. The summed E-state index contributed by atoms with van der Waals surface area (Å²) < 4.78 is 54.1. The molecule has 2 rings (SSSR count). The van der Waals surface area contributed by atoms with Crippen molar-refractivity contribution in [2.75, 3.05) is 19.6 Å². The highest BCUT2D eigenvalue weighted by Crippen LogP contribution is 2.33. The molecule has 1 aromatic rings. The molecule has 7 nitrogen and oxygen atoms in total. The topological polar surface area (TPSA) is 110 Å². The van der Waals surface area contributed by atoms with Crippen LogP contribution >= 0.6 is 0 Å². The second-order valence-corrected chi connectivity index (χ2v) is 9.52. The van der Waals surface area contributed by atoms with Gasteiger partial charge in [-0.25, -0.2) is 21.6 Å². The van der Waals surface area contributed by atoms with E-state index >= 15 is 0 Å². The molecule has 1 fully saturated rings. The van der Waals surface area contributed by atoms with E-state index in [0.717, 1.165) is 12.8 Å². The highest BCUT2D eigenvalue weighted by molar-refractivity contribution is 7.90. The molecule has 1 atom stereocenters. The van der Waals surface area contributed by atoms with Gasteiger partial charge in [0.05, 0.1) is 9.79 Å². The minimum Gasteiger partial charge on any atom is -0.329 e. The predicted octanol–water partition coefficient (Wildman–Crippen LogP) is 0.733. The van der Waals surface area contributed by atoms with E-state index < -0.39 is 20.0 Å². The Morgan fingerprint density at radius 3 is 2.25 bits per heavy atom. The Morgan fingerprint density at radius 1 is 1.17 bits per heavy atom. The van der Waals surface area contributed by atoms with Gasteiger partial charge in [0.1, 0.15) is 0 Å². The van der Waals surface area contributed by atoms with Gasteiger partial charge >= 0.3 is 0 Å². The molecule has 24 heavy (non-hydrogen) atoms. The zero-order valence-corrected chi connectivity index (χ0v) is 15.6. The molecule has 0 saturated heterocycles. The fourth-order valence-corrected chi connectivity index (χ4v) is 5.56. The largest absolute Gasteiger partial charge is 0.329 e. The summed E-state index contributed by atoms with van der Waals surface area (Å²) in [7, 11) is -7.52. The van der Waals surface area contributed by atoms with Crippen molar-refractivity contribution < 1.29 is 16.8 Å². The molecular formula is C15H25N3O4S2. The molecule has 1 unspecified atom stereocenters. The highest BCUT2D eigenvalue weighted by atomic mass is 32.2. The lowest BCUT2D eigenvalue weighted by Crippen LogP contribution is -2.41. The molecule has 0 radical (unpaired) electrons. The van der Waals surface area contributed by atoms with E-state index in [1.165, 1.54) is 28.6 Å². The van der Waals surface area contributed by atoms with Crippen LogP contribution in [0.1, 0.15) is 26.7 Å². The van der Waals surface area contributed by atoms with Gasteiger partial charge in [0.2, 0.25) is 20.0 Å². The van der Waals surface area contributed by atoms with Crippen molar-refractivity contribution in [3.05, 3.63) is 24.3 Å². The fourth-order valence-electron chi connectivity index (χ4n) is 2.62. The first-order valence-corrected chi connectivity index (χ1v) is 11.0. The highest BCUT2D eigenvalue weighted by Gasteiger charge is 2.33. The Hall–Kier alpha value is -1.00.